The molecular formula is C52H40N14O12S6. The fraction of sp³-hybridized carbons (Fsp3) is 0.0385. The molecule has 0 fully saturated rings. The van der Waals surface area contributed by atoms with Crippen LogP contribution in [0.4, 0.5) is 68.2 Å². The molecule has 0 amide bonds. The molecule has 2 aromatic heterocycles. The minimum absolute atomic E-state index is 0.00675. The number of azo groups is 4. The molecule has 0 aliphatic heterocycles. The molecule has 0 aliphatic rings. The first-order valence-corrected chi connectivity index (χ1v) is 31.2. The van der Waals surface area contributed by atoms with Gasteiger partial charge >= 0.3 is 0 Å². The summed E-state index contributed by atoms with van der Waals surface area (Å²) in [6.07, 6.45) is 0. The number of hydrogen-bond donors (Lipinski definition) is 8. The van der Waals surface area contributed by atoms with Gasteiger partial charge in [0.15, 0.2) is 0 Å². The van der Waals surface area contributed by atoms with Crippen molar-refractivity contribution in [2.75, 3.05) is 22.9 Å². The Bertz CT molecular complexity index is 4960. The molecule has 0 aliphatic carbocycles. The largest absolute Gasteiger partial charge is 0.397 e. The number of rotatable bonds is 15. The standard InChI is InChI=1S/C52H40N14O12S6/c1-25-3-20-37-47(49(25)83(73,74)75)79-51(57-37)28-7-13-31(14-8-28)60-65-45-35(53)19-22-36(42(45)54)63-62-33-17-18-34(40(23-33)81(67,68)69)27-5-11-30(12-6-27)59-64-39-24-41(82(70,71)72)44(56)46(43(39)55)66-61-32-15-9-29(10-16-32)52-58-38-21-4-26(2)50(48(38)80-52)84(76,77)78/h3-24H,53-56H2,1-2H3,(H,67,68,69)(H,70,71,72)(H,73,74,75)(H,76,77,78)/b63-62?,64-59?,65-60-,66-61-. The summed E-state index contributed by atoms with van der Waals surface area (Å²) in [7, 11) is -18.9. The lowest BCUT2D eigenvalue weighted by molar-refractivity contribution is 0.481. The van der Waals surface area contributed by atoms with Crippen LogP contribution in [0.15, 0.2) is 194 Å². The number of anilines is 4. The molecule has 10 aromatic rings. The number of thiazole rings is 2. The summed E-state index contributed by atoms with van der Waals surface area (Å²) < 4.78 is 140. The molecule has 426 valence electrons. The van der Waals surface area contributed by atoms with Crippen molar-refractivity contribution in [1.82, 2.24) is 9.97 Å². The van der Waals surface area contributed by atoms with Gasteiger partial charge in [-0.25, -0.2) is 9.97 Å². The van der Waals surface area contributed by atoms with Gasteiger partial charge in [-0.2, -0.15) is 54.1 Å². The van der Waals surface area contributed by atoms with Crippen LogP contribution in [-0.2, 0) is 40.5 Å². The van der Waals surface area contributed by atoms with Gasteiger partial charge < -0.3 is 22.9 Å². The van der Waals surface area contributed by atoms with Crippen molar-refractivity contribution in [3.63, 3.8) is 0 Å². The summed E-state index contributed by atoms with van der Waals surface area (Å²) in [5, 5.41) is 34.2. The minimum Gasteiger partial charge on any atom is -0.397 e. The van der Waals surface area contributed by atoms with Gasteiger partial charge in [0.2, 0.25) is 0 Å². The van der Waals surface area contributed by atoms with Crippen molar-refractivity contribution in [2.24, 2.45) is 40.9 Å². The lowest BCUT2D eigenvalue weighted by Crippen LogP contribution is -2.05. The molecular weight excluding hydrogens is 1210 g/mol. The van der Waals surface area contributed by atoms with Crippen LogP contribution in [0, 0.1) is 13.8 Å². The van der Waals surface area contributed by atoms with Gasteiger partial charge in [0, 0.05) is 16.7 Å². The summed E-state index contributed by atoms with van der Waals surface area (Å²) in [4.78, 5) is 7.26. The molecule has 0 saturated heterocycles. The van der Waals surface area contributed by atoms with E-state index in [1.54, 1.807) is 68.4 Å². The lowest BCUT2D eigenvalue weighted by Gasteiger charge is -2.10. The van der Waals surface area contributed by atoms with Crippen LogP contribution in [0.3, 0.4) is 0 Å². The zero-order valence-corrected chi connectivity index (χ0v) is 47.9. The molecule has 32 heteroatoms. The van der Waals surface area contributed by atoms with Crippen molar-refractivity contribution in [2.45, 2.75) is 33.4 Å². The lowest BCUT2D eigenvalue weighted by atomic mass is 10.0. The average Bonchev–Trinajstić information content (AvgIpc) is 3.78. The topological polar surface area (TPSA) is 446 Å². The Morgan fingerprint density at radius 3 is 1.29 bits per heavy atom. The highest BCUT2D eigenvalue weighted by molar-refractivity contribution is 7.87. The number of fused-ring (bicyclic) bond motifs is 2. The molecule has 10 rings (SSSR count). The van der Waals surface area contributed by atoms with E-state index in [1.165, 1.54) is 66.7 Å². The first-order valence-electron chi connectivity index (χ1n) is 23.8. The van der Waals surface area contributed by atoms with Crippen LogP contribution in [0.5, 0.6) is 0 Å². The van der Waals surface area contributed by atoms with Crippen molar-refractivity contribution >= 4 is 152 Å². The number of nitrogen functional groups attached to an aromatic ring is 4. The Kier molecular flexibility index (Phi) is 15.3. The third-order valence-electron chi connectivity index (χ3n) is 12.5. The van der Waals surface area contributed by atoms with Gasteiger partial charge in [-0.15, -0.1) is 43.1 Å². The predicted octanol–water partition coefficient (Wildman–Crippen LogP) is 13.5. The zero-order valence-electron chi connectivity index (χ0n) is 43.0. The zero-order chi connectivity index (χ0) is 60.2. The summed E-state index contributed by atoms with van der Waals surface area (Å²) in [5.74, 6) is 0. The minimum atomic E-state index is -4.99. The van der Waals surface area contributed by atoms with Crippen molar-refractivity contribution in [3.8, 4) is 32.3 Å². The molecule has 12 N–H and O–H groups in total. The second-order valence-electron chi connectivity index (χ2n) is 18.2. The van der Waals surface area contributed by atoms with E-state index < -0.39 is 56.0 Å². The highest BCUT2D eigenvalue weighted by Gasteiger charge is 2.25. The molecule has 0 spiro atoms. The van der Waals surface area contributed by atoms with Crippen LogP contribution in [-0.4, -0.2) is 61.9 Å². The maximum absolute atomic E-state index is 12.8. The summed E-state index contributed by atoms with van der Waals surface area (Å²) >= 11 is 2.16. The van der Waals surface area contributed by atoms with Crippen LogP contribution in [0.25, 0.3) is 52.7 Å². The molecule has 8 aromatic carbocycles. The van der Waals surface area contributed by atoms with Gasteiger partial charge in [0.05, 0.1) is 65.9 Å². The second-order valence-corrected chi connectivity index (χ2v) is 25.7. The number of aryl methyl sites for hydroxylation is 2. The Morgan fingerprint density at radius 1 is 0.393 bits per heavy atom. The molecule has 0 atom stereocenters. The smallest absolute Gasteiger partial charge is 0.296 e. The van der Waals surface area contributed by atoms with Crippen molar-refractivity contribution in [3.05, 3.63) is 145 Å². The third-order valence-corrected chi connectivity index (χ3v) is 18.9. The van der Waals surface area contributed by atoms with Crippen LogP contribution < -0.4 is 22.9 Å². The van der Waals surface area contributed by atoms with E-state index in [9.17, 15) is 51.9 Å². The number of aromatic nitrogens is 2. The van der Waals surface area contributed by atoms with E-state index >= 15 is 0 Å². The molecule has 0 bridgehead atoms. The van der Waals surface area contributed by atoms with Gasteiger partial charge in [-0.1, -0.05) is 30.3 Å². The van der Waals surface area contributed by atoms with Gasteiger partial charge in [-0.05, 0) is 134 Å². The van der Waals surface area contributed by atoms with Crippen LogP contribution >= 0.6 is 22.7 Å². The number of benzene rings is 8. The highest BCUT2D eigenvalue weighted by atomic mass is 32.2. The highest BCUT2D eigenvalue weighted by Crippen LogP contribution is 2.45. The third kappa shape index (κ3) is 12.0. The Labute approximate surface area is 484 Å². The quantitative estimate of drug-likeness (QED) is 0.0268. The Morgan fingerprint density at radius 2 is 0.810 bits per heavy atom. The fourth-order valence-electron chi connectivity index (χ4n) is 8.41. The summed E-state index contributed by atoms with van der Waals surface area (Å²) in [6.45, 7) is 3.13. The van der Waals surface area contributed by atoms with Crippen molar-refractivity contribution in [1.29, 1.82) is 0 Å². The van der Waals surface area contributed by atoms with E-state index in [0.717, 1.165) is 34.8 Å². The maximum atomic E-state index is 12.8. The van der Waals surface area contributed by atoms with E-state index in [-0.39, 0.29) is 82.5 Å². The second kappa shape index (κ2) is 22.2. The molecule has 26 nitrogen and oxygen atoms in total. The normalized spacial score (nSPS) is 12.8. The van der Waals surface area contributed by atoms with Crippen molar-refractivity contribution < 1.29 is 51.9 Å². The van der Waals surface area contributed by atoms with Gasteiger partial charge in [0.1, 0.15) is 52.3 Å². The van der Waals surface area contributed by atoms with Crippen LogP contribution in [0.1, 0.15) is 11.1 Å². The van der Waals surface area contributed by atoms with Gasteiger partial charge in [0.25, 0.3) is 40.5 Å². The Balaban J connectivity index is 0.848. The van der Waals surface area contributed by atoms with E-state index in [0.29, 0.717) is 53.7 Å². The predicted molar refractivity (Wildman–Crippen MR) is 318 cm³/mol. The molecule has 0 saturated carbocycles. The average molecular weight is 1250 g/mol. The fourth-order valence-corrected chi connectivity index (χ4v) is 14.4. The first-order chi connectivity index (χ1) is 39.6. The molecule has 0 unspecified atom stereocenters. The molecule has 2 heterocycles. The Hall–Kier alpha value is -9.22. The molecule has 0 radical (unpaired) electrons. The maximum Gasteiger partial charge on any atom is 0.296 e. The van der Waals surface area contributed by atoms with Crippen LogP contribution in [0.2, 0.25) is 0 Å². The summed E-state index contributed by atoms with van der Waals surface area (Å²) in [6, 6.07) is 32.9. The molecule has 84 heavy (non-hydrogen) atoms. The monoisotopic (exact) mass is 1240 g/mol. The van der Waals surface area contributed by atoms with E-state index in [2.05, 4.69) is 50.9 Å². The SMILES string of the molecule is Cc1ccc2nc(-c3ccc(/N=N\c4c(N)ccc(N=Nc5ccc(-c6ccc(N=Nc7cc(S(=O)(=O)O)c(N)c(/N=N\c8ccc(-c9nc%10ccc(C)c(S(=O)(=O)O)c%10s9)cc8)c7N)cc6)c(S(=O)(=O)O)c5)c4N)cc3)sc2c1S(=O)(=O)O. The number of nitrogens with zero attached hydrogens (tertiary/aromatic N) is 10. The first kappa shape index (κ1) is 58.0. The number of nitrogens with two attached hydrogens (primary N) is 4. The summed E-state index contributed by atoms with van der Waals surface area (Å²) in [5.41, 5.74) is 27.7. The van der Waals surface area contributed by atoms with E-state index in [1.807, 2.05) is 0 Å². The van der Waals surface area contributed by atoms with E-state index in [4.69, 9.17) is 22.9 Å². The van der Waals surface area contributed by atoms with Gasteiger partial charge in [-0.3, -0.25) is 18.2 Å². The number of hydrogen-bond acceptors (Lipinski definition) is 24.